The number of pyridine rings is 1. The fraction of sp³-hybridized carbons (Fsp3) is 0.350. The summed E-state index contributed by atoms with van der Waals surface area (Å²) in [5.74, 6) is 0.439. The Hall–Kier alpha value is -3.09. The SMILES string of the molecule is CCOc1ccccc1NC(=O)c1cc(N2CCN(C(C)=O)CC2)ccn1. The van der Waals surface area contributed by atoms with Gasteiger partial charge in [0.05, 0.1) is 12.3 Å². The van der Waals surface area contributed by atoms with Gasteiger partial charge >= 0.3 is 0 Å². The summed E-state index contributed by atoms with van der Waals surface area (Å²) in [4.78, 5) is 32.3. The summed E-state index contributed by atoms with van der Waals surface area (Å²) in [6.45, 7) is 6.84. The molecule has 142 valence electrons. The van der Waals surface area contributed by atoms with E-state index >= 15 is 0 Å². The summed E-state index contributed by atoms with van der Waals surface area (Å²) < 4.78 is 5.55. The molecule has 2 amide bonds. The number of carbonyl (C=O) groups excluding carboxylic acids is 2. The van der Waals surface area contributed by atoms with Gasteiger partial charge in [0, 0.05) is 45.0 Å². The minimum atomic E-state index is -0.286. The maximum atomic E-state index is 12.6. The Morgan fingerprint density at radius 1 is 1.15 bits per heavy atom. The number of ether oxygens (including phenoxy) is 1. The molecule has 1 fully saturated rings. The van der Waals surface area contributed by atoms with Gasteiger partial charge in [0.1, 0.15) is 11.4 Å². The molecule has 0 bridgehead atoms. The van der Waals surface area contributed by atoms with Crippen LogP contribution in [0.4, 0.5) is 11.4 Å². The number of benzene rings is 1. The summed E-state index contributed by atoms with van der Waals surface area (Å²) in [6.07, 6.45) is 1.63. The van der Waals surface area contributed by atoms with Gasteiger partial charge in [-0.05, 0) is 31.2 Å². The lowest BCUT2D eigenvalue weighted by atomic mass is 10.2. The topological polar surface area (TPSA) is 74.8 Å². The highest BCUT2D eigenvalue weighted by Gasteiger charge is 2.20. The van der Waals surface area contributed by atoms with Crippen molar-refractivity contribution < 1.29 is 14.3 Å². The van der Waals surface area contributed by atoms with Gasteiger partial charge in [-0.1, -0.05) is 12.1 Å². The maximum absolute atomic E-state index is 12.6. The van der Waals surface area contributed by atoms with Crippen LogP contribution in [0.25, 0.3) is 0 Å². The Morgan fingerprint density at radius 2 is 1.89 bits per heavy atom. The number of nitrogens with one attached hydrogen (secondary N) is 1. The van der Waals surface area contributed by atoms with E-state index < -0.39 is 0 Å². The predicted molar refractivity (Wildman–Crippen MR) is 104 cm³/mol. The highest BCUT2D eigenvalue weighted by Crippen LogP contribution is 2.24. The molecule has 7 nitrogen and oxygen atoms in total. The van der Waals surface area contributed by atoms with E-state index in [1.54, 1.807) is 25.3 Å². The van der Waals surface area contributed by atoms with Gasteiger partial charge in [0.25, 0.3) is 5.91 Å². The van der Waals surface area contributed by atoms with Crippen molar-refractivity contribution in [2.24, 2.45) is 0 Å². The number of piperazine rings is 1. The third-order valence-electron chi connectivity index (χ3n) is 4.50. The number of hydrogen-bond acceptors (Lipinski definition) is 5. The Balaban J connectivity index is 1.70. The van der Waals surface area contributed by atoms with E-state index in [0.717, 1.165) is 18.8 Å². The van der Waals surface area contributed by atoms with Gasteiger partial charge in [0.2, 0.25) is 5.91 Å². The number of nitrogens with zero attached hydrogens (tertiary/aromatic N) is 3. The molecule has 27 heavy (non-hydrogen) atoms. The second-order valence-electron chi connectivity index (χ2n) is 6.28. The van der Waals surface area contributed by atoms with E-state index in [1.165, 1.54) is 0 Å². The number of anilines is 2. The fourth-order valence-electron chi connectivity index (χ4n) is 3.06. The highest BCUT2D eigenvalue weighted by atomic mass is 16.5. The van der Waals surface area contributed by atoms with Crippen LogP contribution in [0.1, 0.15) is 24.3 Å². The largest absolute Gasteiger partial charge is 0.492 e. The zero-order chi connectivity index (χ0) is 19.2. The van der Waals surface area contributed by atoms with E-state index in [1.807, 2.05) is 36.1 Å². The Morgan fingerprint density at radius 3 is 2.59 bits per heavy atom. The number of aromatic nitrogens is 1. The second kappa shape index (κ2) is 8.53. The van der Waals surface area contributed by atoms with E-state index in [2.05, 4.69) is 15.2 Å². The van der Waals surface area contributed by atoms with Crippen molar-refractivity contribution in [3.05, 3.63) is 48.3 Å². The zero-order valence-electron chi connectivity index (χ0n) is 15.6. The number of hydrogen-bond donors (Lipinski definition) is 1. The third-order valence-corrected chi connectivity index (χ3v) is 4.50. The monoisotopic (exact) mass is 368 g/mol. The lowest BCUT2D eigenvalue weighted by Gasteiger charge is -2.35. The van der Waals surface area contributed by atoms with E-state index in [9.17, 15) is 9.59 Å². The number of amides is 2. The van der Waals surface area contributed by atoms with Crippen LogP contribution in [0.3, 0.4) is 0 Å². The first kappa shape index (κ1) is 18.7. The van der Waals surface area contributed by atoms with Crippen LogP contribution in [0.2, 0.25) is 0 Å². The van der Waals surface area contributed by atoms with Crippen molar-refractivity contribution in [3.8, 4) is 5.75 Å². The van der Waals surface area contributed by atoms with Crippen LogP contribution in [0, 0.1) is 0 Å². The summed E-state index contributed by atoms with van der Waals surface area (Å²) in [5.41, 5.74) is 1.89. The molecule has 1 aromatic carbocycles. The average Bonchev–Trinajstić information content (AvgIpc) is 2.70. The zero-order valence-corrected chi connectivity index (χ0v) is 15.6. The standard InChI is InChI=1S/C20H24N4O3/c1-3-27-19-7-5-4-6-17(19)22-20(26)18-14-16(8-9-21-18)24-12-10-23(11-13-24)15(2)25/h4-9,14H,3,10-13H2,1-2H3,(H,22,26). The van der Waals surface area contributed by atoms with Crippen LogP contribution in [0.5, 0.6) is 5.75 Å². The predicted octanol–water partition coefficient (Wildman–Crippen LogP) is 2.40. The number of carbonyl (C=O) groups is 2. The molecule has 0 radical (unpaired) electrons. The summed E-state index contributed by atoms with van der Waals surface area (Å²) in [6, 6.07) is 11.0. The lowest BCUT2D eigenvalue weighted by Crippen LogP contribution is -2.48. The maximum Gasteiger partial charge on any atom is 0.274 e. The van der Waals surface area contributed by atoms with Crippen molar-refractivity contribution in [1.82, 2.24) is 9.88 Å². The fourth-order valence-corrected chi connectivity index (χ4v) is 3.06. The quantitative estimate of drug-likeness (QED) is 0.877. The molecular weight excluding hydrogens is 344 g/mol. The molecular formula is C20H24N4O3. The van der Waals surface area contributed by atoms with Gasteiger partial charge in [-0.25, -0.2) is 0 Å². The molecule has 7 heteroatoms. The van der Waals surface area contributed by atoms with Crippen LogP contribution < -0.4 is 15.0 Å². The smallest absolute Gasteiger partial charge is 0.274 e. The Bertz CT molecular complexity index is 816. The van der Waals surface area contributed by atoms with Crippen molar-refractivity contribution in [3.63, 3.8) is 0 Å². The van der Waals surface area contributed by atoms with Gasteiger partial charge in [-0.3, -0.25) is 14.6 Å². The molecule has 2 heterocycles. The first-order chi connectivity index (χ1) is 13.1. The number of rotatable bonds is 5. The minimum absolute atomic E-state index is 0.0948. The minimum Gasteiger partial charge on any atom is -0.492 e. The van der Waals surface area contributed by atoms with E-state index in [4.69, 9.17) is 4.74 Å². The second-order valence-corrected chi connectivity index (χ2v) is 6.28. The molecule has 0 saturated carbocycles. The summed E-state index contributed by atoms with van der Waals surface area (Å²) in [7, 11) is 0. The normalized spacial score (nSPS) is 14.0. The third kappa shape index (κ3) is 4.55. The molecule has 3 rings (SSSR count). The Labute approximate surface area is 158 Å². The van der Waals surface area contributed by atoms with E-state index in [-0.39, 0.29) is 11.8 Å². The van der Waals surface area contributed by atoms with Crippen LogP contribution in [-0.4, -0.2) is 54.5 Å². The first-order valence-corrected chi connectivity index (χ1v) is 9.08. The van der Waals surface area contributed by atoms with Gasteiger partial charge in [-0.2, -0.15) is 0 Å². The van der Waals surface area contributed by atoms with Gasteiger partial charge < -0.3 is 19.9 Å². The average molecular weight is 368 g/mol. The molecule has 0 atom stereocenters. The van der Waals surface area contributed by atoms with Crippen LogP contribution in [-0.2, 0) is 4.79 Å². The van der Waals surface area contributed by atoms with Crippen LogP contribution in [0.15, 0.2) is 42.6 Å². The molecule has 1 saturated heterocycles. The van der Waals surface area contributed by atoms with Gasteiger partial charge in [0.15, 0.2) is 0 Å². The molecule has 0 unspecified atom stereocenters. The van der Waals surface area contributed by atoms with Crippen molar-refractivity contribution >= 4 is 23.2 Å². The van der Waals surface area contributed by atoms with Crippen molar-refractivity contribution in [2.45, 2.75) is 13.8 Å². The molecule has 1 aliphatic rings. The van der Waals surface area contributed by atoms with E-state index in [0.29, 0.717) is 36.8 Å². The summed E-state index contributed by atoms with van der Waals surface area (Å²) >= 11 is 0. The van der Waals surface area contributed by atoms with Crippen molar-refractivity contribution in [2.75, 3.05) is 43.0 Å². The van der Waals surface area contributed by atoms with Crippen molar-refractivity contribution in [1.29, 1.82) is 0 Å². The van der Waals surface area contributed by atoms with Crippen LogP contribution >= 0.6 is 0 Å². The first-order valence-electron chi connectivity index (χ1n) is 9.08. The molecule has 0 aliphatic carbocycles. The molecule has 1 N–H and O–H groups in total. The Kier molecular flexibility index (Phi) is 5.90. The molecule has 0 spiro atoms. The number of para-hydroxylation sites is 2. The molecule has 1 aromatic heterocycles. The van der Waals surface area contributed by atoms with Gasteiger partial charge in [-0.15, -0.1) is 0 Å². The summed E-state index contributed by atoms with van der Waals surface area (Å²) in [5, 5.41) is 2.87. The highest BCUT2D eigenvalue weighted by molar-refractivity contribution is 6.04. The lowest BCUT2D eigenvalue weighted by molar-refractivity contribution is -0.129. The molecule has 1 aliphatic heterocycles. The molecule has 2 aromatic rings.